The van der Waals surface area contributed by atoms with Gasteiger partial charge in [-0.1, -0.05) is 0 Å². The van der Waals surface area contributed by atoms with Crippen molar-refractivity contribution >= 4 is 5.91 Å². The minimum absolute atomic E-state index is 0.0256. The average Bonchev–Trinajstić information content (AvgIpc) is 3.01. The van der Waals surface area contributed by atoms with Crippen LogP contribution in [0.5, 0.6) is 11.5 Å². The highest BCUT2D eigenvalue weighted by Gasteiger charge is 2.16. The van der Waals surface area contributed by atoms with Gasteiger partial charge in [0.1, 0.15) is 17.3 Å². The molecule has 0 aliphatic carbocycles. The number of carbonyl (C=O) groups is 1. The molecule has 0 spiro atoms. The summed E-state index contributed by atoms with van der Waals surface area (Å²) >= 11 is 0. The van der Waals surface area contributed by atoms with Crippen LogP contribution in [-0.4, -0.2) is 41.1 Å². The second-order valence-electron chi connectivity index (χ2n) is 4.74. The lowest BCUT2D eigenvalue weighted by Gasteiger charge is -2.18. The third-order valence-electron chi connectivity index (χ3n) is 3.19. The molecule has 0 bridgehead atoms. The molecular formula is C15H17F2N3O3. The van der Waals surface area contributed by atoms with Crippen LogP contribution in [0, 0.1) is 0 Å². The number of ether oxygens (including phenoxy) is 2. The molecule has 6 nitrogen and oxygen atoms in total. The van der Waals surface area contributed by atoms with Crippen LogP contribution in [0.3, 0.4) is 0 Å². The quantitative estimate of drug-likeness (QED) is 0.784. The molecular weight excluding hydrogens is 308 g/mol. The van der Waals surface area contributed by atoms with Gasteiger partial charge in [-0.05, 0) is 24.3 Å². The first-order valence-electron chi connectivity index (χ1n) is 6.82. The van der Waals surface area contributed by atoms with Crippen LogP contribution in [0.2, 0.25) is 0 Å². The topological polar surface area (TPSA) is 56.6 Å². The molecule has 0 N–H and O–H groups in total. The Morgan fingerprint density at radius 1 is 1.30 bits per heavy atom. The Hall–Kier alpha value is -2.64. The number of benzene rings is 1. The molecule has 0 saturated heterocycles. The Morgan fingerprint density at radius 2 is 1.96 bits per heavy atom. The van der Waals surface area contributed by atoms with Crippen molar-refractivity contribution < 1.29 is 23.0 Å². The van der Waals surface area contributed by atoms with Crippen molar-refractivity contribution in [2.75, 3.05) is 20.8 Å². The summed E-state index contributed by atoms with van der Waals surface area (Å²) in [5.41, 5.74) is 0. The Morgan fingerprint density at radius 3 is 2.57 bits per heavy atom. The van der Waals surface area contributed by atoms with Crippen LogP contribution in [0.1, 0.15) is 12.4 Å². The highest BCUT2D eigenvalue weighted by Crippen LogP contribution is 2.17. The van der Waals surface area contributed by atoms with Crippen LogP contribution >= 0.6 is 0 Å². The van der Waals surface area contributed by atoms with E-state index < -0.39 is 6.55 Å². The van der Waals surface area contributed by atoms with E-state index in [1.807, 2.05) is 0 Å². The van der Waals surface area contributed by atoms with E-state index in [0.29, 0.717) is 16.1 Å². The van der Waals surface area contributed by atoms with Crippen molar-refractivity contribution in [2.24, 2.45) is 0 Å². The van der Waals surface area contributed by atoms with E-state index in [-0.39, 0.29) is 24.9 Å². The first-order valence-corrected chi connectivity index (χ1v) is 6.82. The van der Waals surface area contributed by atoms with E-state index in [0.717, 1.165) is 0 Å². The molecule has 8 heteroatoms. The summed E-state index contributed by atoms with van der Waals surface area (Å²) in [6, 6.07) is 6.77. The van der Waals surface area contributed by atoms with Crippen LogP contribution in [0.15, 0.2) is 36.7 Å². The smallest absolute Gasteiger partial charge is 0.319 e. The number of halogens is 2. The van der Waals surface area contributed by atoms with Crippen LogP contribution in [0.25, 0.3) is 0 Å². The molecule has 124 valence electrons. The minimum Gasteiger partial charge on any atom is -0.497 e. The molecule has 0 saturated carbocycles. The fraction of sp³-hybridized carbons (Fsp3) is 0.333. The van der Waals surface area contributed by atoms with Crippen LogP contribution < -0.4 is 9.47 Å². The van der Waals surface area contributed by atoms with Gasteiger partial charge in [-0.3, -0.25) is 9.36 Å². The molecule has 2 aromatic rings. The first-order chi connectivity index (χ1) is 11.0. The van der Waals surface area contributed by atoms with E-state index >= 15 is 0 Å². The van der Waals surface area contributed by atoms with Gasteiger partial charge in [0.15, 0.2) is 6.61 Å². The second-order valence-corrected chi connectivity index (χ2v) is 4.74. The Bertz CT molecular complexity index is 644. The highest BCUT2D eigenvalue weighted by atomic mass is 19.3. The Labute approximate surface area is 132 Å². The summed E-state index contributed by atoms with van der Waals surface area (Å²) in [6.45, 7) is -2.91. The monoisotopic (exact) mass is 325 g/mol. The zero-order valence-corrected chi connectivity index (χ0v) is 12.8. The van der Waals surface area contributed by atoms with Crippen molar-refractivity contribution in [1.29, 1.82) is 0 Å². The molecule has 0 radical (unpaired) electrons. The van der Waals surface area contributed by atoms with Gasteiger partial charge in [-0.2, -0.15) is 8.78 Å². The molecule has 1 heterocycles. The summed E-state index contributed by atoms with van der Waals surface area (Å²) < 4.78 is 36.6. The maximum Gasteiger partial charge on any atom is 0.319 e. The summed E-state index contributed by atoms with van der Waals surface area (Å²) in [5, 5.41) is 0. The number of rotatable bonds is 7. The SMILES string of the molecule is COc1ccc(OCC(=O)N(C)Cc2nccn2C(F)F)cc1. The van der Waals surface area contributed by atoms with Crippen molar-refractivity contribution in [3.8, 4) is 11.5 Å². The molecule has 1 amide bonds. The maximum atomic E-state index is 12.7. The number of hydrogen-bond acceptors (Lipinski definition) is 4. The van der Waals surface area contributed by atoms with Gasteiger partial charge >= 0.3 is 6.55 Å². The van der Waals surface area contributed by atoms with Gasteiger partial charge in [0.05, 0.1) is 13.7 Å². The van der Waals surface area contributed by atoms with Gasteiger partial charge in [0.2, 0.25) is 0 Å². The Kier molecular flexibility index (Phi) is 5.51. The third-order valence-corrected chi connectivity index (χ3v) is 3.19. The van der Waals surface area contributed by atoms with Gasteiger partial charge in [0.25, 0.3) is 5.91 Å². The lowest BCUT2D eigenvalue weighted by Crippen LogP contribution is -2.32. The third kappa shape index (κ3) is 4.41. The summed E-state index contributed by atoms with van der Waals surface area (Å²) in [6.07, 6.45) is 2.44. The standard InChI is InChI=1S/C15H17F2N3O3/c1-19(9-13-18-7-8-20(13)15(16)17)14(21)10-23-12-5-3-11(22-2)4-6-12/h3-8,15H,9-10H2,1-2H3. The number of methoxy groups -OCH3 is 1. The van der Waals surface area contributed by atoms with Gasteiger partial charge in [-0.15, -0.1) is 0 Å². The number of aromatic nitrogens is 2. The average molecular weight is 325 g/mol. The van der Waals surface area contributed by atoms with Crippen LogP contribution in [0.4, 0.5) is 8.78 Å². The molecule has 1 aromatic heterocycles. The number of carbonyl (C=O) groups excluding carboxylic acids is 1. The Balaban J connectivity index is 1.88. The molecule has 0 aliphatic heterocycles. The zero-order valence-electron chi connectivity index (χ0n) is 12.8. The van der Waals surface area contributed by atoms with Crippen molar-refractivity contribution in [2.45, 2.75) is 13.1 Å². The fourth-order valence-corrected chi connectivity index (χ4v) is 1.87. The number of imidazole rings is 1. The normalized spacial score (nSPS) is 10.7. The summed E-state index contributed by atoms with van der Waals surface area (Å²) in [4.78, 5) is 17.1. The van der Waals surface area contributed by atoms with Crippen LogP contribution in [-0.2, 0) is 11.3 Å². The van der Waals surface area contributed by atoms with E-state index in [9.17, 15) is 13.6 Å². The zero-order chi connectivity index (χ0) is 16.8. The maximum absolute atomic E-state index is 12.7. The molecule has 23 heavy (non-hydrogen) atoms. The predicted octanol–water partition coefficient (Wildman–Crippen LogP) is 2.32. The highest BCUT2D eigenvalue weighted by molar-refractivity contribution is 5.77. The number of amides is 1. The largest absolute Gasteiger partial charge is 0.497 e. The minimum atomic E-state index is -2.69. The second kappa shape index (κ2) is 7.57. The lowest BCUT2D eigenvalue weighted by molar-refractivity contribution is -0.132. The molecule has 0 atom stereocenters. The number of nitrogens with zero attached hydrogens (tertiary/aromatic N) is 3. The van der Waals surface area contributed by atoms with E-state index in [4.69, 9.17) is 9.47 Å². The summed E-state index contributed by atoms with van der Waals surface area (Å²) in [5.74, 6) is 0.964. The first kappa shape index (κ1) is 16.7. The van der Waals surface area contributed by atoms with Crippen molar-refractivity contribution in [1.82, 2.24) is 14.5 Å². The van der Waals surface area contributed by atoms with E-state index in [2.05, 4.69) is 4.98 Å². The van der Waals surface area contributed by atoms with E-state index in [1.165, 1.54) is 24.3 Å². The van der Waals surface area contributed by atoms with E-state index in [1.54, 1.807) is 31.4 Å². The van der Waals surface area contributed by atoms with Gasteiger partial charge in [-0.25, -0.2) is 4.98 Å². The van der Waals surface area contributed by atoms with Crippen molar-refractivity contribution in [3.63, 3.8) is 0 Å². The molecule has 1 aromatic carbocycles. The van der Waals surface area contributed by atoms with Gasteiger partial charge in [0, 0.05) is 19.4 Å². The molecule has 0 fully saturated rings. The lowest BCUT2D eigenvalue weighted by atomic mass is 10.3. The molecule has 0 unspecified atom stereocenters. The number of alkyl halides is 2. The fourth-order valence-electron chi connectivity index (χ4n) is 1.87. The predicted molar refractivity (Wildman–Crippen MR) is 78.4 cm³/mol. The molecule has 0 aliphatic rings. The number of hydrogen-bond donors (Lipinski definition) is 0. The van der Waals surface area contributed by atoms with Gasteiger partial charge < -0.3 is 14.4 Å². The van der Waals surface area contributed by atoms with Crippen molar-refractivity contribution in [3.05, 3.63) is 42.5 Å². The molecule has 2 rings (SSSR count). The number of likely N-dealkylation sites (N-methyl/N-ethyl adjacent to an activating group) is 1. The summed E-state index contributed by atoms with van der Waals surface area (Å²) in [7, 11) is 3.06.